The summed E-state index contributed by atoms with van der Waals surface area (Å²) in [5.74, 6) is 0.540. The third-order valence-corrected chi connectivity index (χ3v) is 10.9. The molecule has 8 rings (SSSR count). The Bertz CT molecular complexity index is 2030. The Morgan fingerprint density at radius 2 is 1.74 bits per heavy atom. The number of hydrogen-bond donors (Lipinski definition) is 2. The van der Waals surface area contributed by atoms with E-state index in [1.54, 1.807) is 33.9 Å². The topological polar surface area (TPSA) is 145 Å². The van der Waals surface area contributed by atoms with Crippen LogP contribution in [0.1, 0.15) is 72.2 Å². The third kappa shape index (κ3) is 7.15. The van der Waals surface area contributed by atoms with Gasteiger partial charge in [0.25, 0.3) is 11.8 Å². The van der Waals surface area contributed by atoms with Crippen molar-refractivity contribution in [3.63, 3.8) is 0 Å². The quantitative estimate of drug-likeness (QED) is 0.255. The number of piperidine rings is 2. The molecule has 53 heavy (non-hydrogen) atoms. The number of fused-ring (bicyclic) bond motifs is 2. The van der Waals surface area contributed by atoms with Crippen LogP contribution in [0.4, 0.5) is 21.9 Å². The van der Waals surface area contributed by atoms with Crippen LogP contribution in [0.5, 0.6) is 5.75 Å². The van der Waals surface area contributed by atoms with Gasteiger partial charge in [0.1, 0.15) is 11.3 Å². The predicted molar refractivity (Wildman–Crippen MR) is 199 cm³/mol. The Kier molecular flexibility index (Phi) is 9.46. The van der Waals surface area contributed by atoms with E-state index in [1.807, 2.05) is 36.9 Å². The van der Waals surface area contributed by atoms with E-state index in [2.05, 4.69) is 42.6 Å². The lowest BCUT2D eigenvalue weighted by Crippen LogP contribution is -2.49. The zero-order chi connectivity index (χ0) is 36.6. The molecule has 0 saturated carbocycles. The molecule has 4 aliphatic heterocycles. The standard InChI is InChI=1S/C39H45N9O5/c1-25(2)53-34-21-31-27(20-33(34)42-37(50)32-22-41-48-14-3-13-40-36(32)48)24-47(38(31)51)30-10-15-44(16-11-30)23-26-8-17-45(18-9-26)28-4-6-29(7-5-28)46-19-12-35(49)43-39(46)52/h3-7,13-14,20-22,25-26,30H,8-12,15-19,23-24H2,1-2H3,(H,42,50)(H,43,49,52). The van der Waals surface area contributed by atoms with Crippen molar-refractivity contribution in [1.82, 2.24) is 29.7 Å². The molecule has 0 bridgehead atoms. The summed E-state index contributed by atoms with van der Waals surface area (Å²) >= 11 is 0. The van der Waals surface area contributed by atoms with Crippen LogP contribution in [0.25, 0.3) is 5.65 Å². The zero-order valence-electron chi connectivity index (χ0n) is 30.2. The SMILES string of the molecule is CC(C)Oc1cc2c(cc1NC(=O)c1cnn3cccnc13)CN(C1CCN(CC3CCN(c4ccc(N5CCC(=O)NC5=O)cc4)CC3)CC1)C2=O. The minimum absolute atomic E-state index is 0.0199. The summed E-state index contributed by atoms with van der Waals surface area (Å²) in [4.78, 5) is 63.8. The Labute approximate surface area is 308 Å². The number of nitrogens with one attached hydrogen (secondary N) is 2. The molecule has 4 aliphatic rings. The smallest absolute Gasteiger partial charge is 0.328 e. The fourth-order valence-corrected chi connectivity index (χ4v) is 8.09. The van der Waals surface area contributed by atoms with Gasteiger partial charge in [0.15, 0.2) is 5.65 Å². The van der Waals surface area contributed by atoms with Crippen LogP contribution in [0, 0.1) is 5.92 Å². The monoisotopic (exact) mass is 719 g/mol. The van der Waals surface area contributed by atoms with Gasteiger partial charge in [0.2, 0.25) is 5.91 Å². The number of anilines is 3. The van der Waals surface area contributed by atoms with Crippen molar-refractivity contribution >= 4 is 46.5 Å². The highest BCUT2D eigenvalue weighted by Crippen LogP contribution is 2.37. The Hall–Kier alpha value is -5.50. The highest BCUT2D eigenvalue weighted by Gasteiger charge is 2.36. The second-order valence-corrected chi connectivity index (χ2v) is 14.7. The molecule has 3 fully saturated rings. The molecule has 14 heteroatoms. The van der Waals surface area contributed by atoms with Crippen molar-refractivity contribution in [2.24, 2.45) is 5.92 Å². The second-order valence-electron chi connectivity index (χ2n) is 14.7. The number of carbonyl (C=O) groups excluding carboxylic acids is 4. The summed E-state index contributed by atoms with van der Waals surface area (Å²) in [6.45, 7) is 9.70. The molecule has 0 radical (unpaired) electrons. The highest BCUT2D eigenvalue weighted by molar-refractivity contribution is 6.09. The average molecular weight is 720 g/mol. The van der Waals surface area contributed by atoms with E-state index in [0.29, 0.717) is 53.6 Å². The van der Waals surface area contributed by atoms with E-state index in [1.165, 1.54) is 6.20 Å². The molecule has 3 saturated heterocycles. The molecular formula is C39H45N9O5. The minimum Gasteiger partial charge on any atom is -0.489 e. The molecule has 2 aromatic heterocycles. The Morgan fingerprint density at radius 3 is 2.47 bits per heavy atom. The van der Waals surface area contributed by atoms with Gasteiger partial charge in [0, 0.05) is 87.6 Å². The van der Waals surface area contributed by atoms with Crippen LogP contribution in [0.2, 0.25) is 0 Å². The number of hydrogen-bond acceptors (Lipinski definition) is 9. The van der Waals surface area contributed by atoms with Crippen molar-refractivity contribution in [1.29, 1.82) is 0 Å². The zero-order valence-corrected chi connectivity index (χ0v) is 30.2. The summed E-state index contributed by atoms with van der Waals surface area (Å²) in [6, 6.07) is 13.3. The summed E-state index contributed by atoms with van der Waals surface area (Å²) in [5.41, 5.74) is 4.81. The molecule has 0 aliphatic carbocycles. The fraction of sp³-hybridized carbons (Fsp3) is 0.436. The summed E-state index contributed by atoms with van der Waals surface area (Å²) in [5, 5.41) is 9.63. The van der Waals surface area contributed by atoms with Crippen molar-refractivity contribution in [2.45, 2.75) is 64.6 Å². The summed E-state index contributed by atoms with van der Waals surface area (Å²) in [7, 11) is 0. The van der Waals surface area contributed by atoms with E-state index >= 15 is 0 Å². The van der Waals surface area contributed by atoms with Crippen LogP contribution in [-0.4, -0.2) is 99.6 Å². The van der Waals surface area contributed by atoms with Crippen LogP contribution in [0.15, 0.2) is 61.1 Å². The maximum absolute atomic E-state index is 13.8. The number of amides is 5. The lowest BCUT2D eigenvalue weighted by molar-refractivity contribution is -0.120. The van der Waals surface area contributed by atoms with Crippen molar-refractivity contribution in [3.05, 3.63) is 77.7 Å². The summed E-state index contributed by atoms with van der Waals surface area (Å²) in [6.07, 6.45) is 9.11. The molecule has 4 aromatic rings. The van der Waals surface area contributed by atoms with Gasteiger partial charge in [-0.15, -0.1) is 0 Å². The number of urea groups is 1. The summed E-state index contributed by atoms with van der Waals surface area (Å²) < 4.78 is 7.66. The first kappa shape index (κ1) is 34.6. The normalized spacial score (nSPS) is 18.9. The largest absolute Gasteiger partial charge is 0.489 e. The first-order valence-corrected chi connectivity index (χ1v) is 18.6. The number of benzene rings is 2. The van der Waals surface area contributed by atoms with E-state index in [0.717, 1.165) is 75.3 Å². The molecule has 2 aromatic carbocycles. The maximum atomic E-state index is 13.8. The van der Waals surface area contributed by atoms with Crippen molar-refractivity contribution in [2.75, 3.05) is 54.4 Å². The Balaban J connectivity index is 0.842. The van der Waals surface area contributed by atoms with Crippen molar-refractivity contribution in [3.8, 4) is 5.75 Å². The number of nitrogens with zero attached hydrogens (tertiary/aromatic N) is 7. The van der Waals surface area contributed by atoms with Crippen LogP contribution < -0.4 is 25.2 Å². The molecule has 2 N–H and O–H groups in total. The molecular weight excluding hydrogens is 674 g/mol. The number of imide groups is 1. The number of carbonyl (C=O) groups is 4. The first-order chi connectivity index (χ1) is 25.7. The van der Waals surface area contributed by atoms with Gasteiger partial charge in [-0.1, -0.05) is 0 Å². The average Bonchev–Trinajstić information content (AvgIpc) is 3.73. The lowest BCUT2D eigenvalue weighted by Gasteiger charge is -2.40. The second kappa shape index (κ2) is 14.5. The van der Waals surface area contributed by atoms with Gasteiger partial charge in [-0.3, -0.25) is 24.6 Å². The molecule has 0 atom stereocenters. The van der Waals surface area contributed by atoms with Gasteiger partial charge < -0.3 is 24.8 Å². The van der Waals surface area contributed by atoms with E-state index in [4.69, 9.17) is 4.74 Å². The van der Waals surface area contributed by atoms with Crippen LogP contribution >= 0.6 is 0 Å². The molecule has 14 nitrogen and oxygen atoms in total. The minimum atomic E-state index is -0.364. The first-order valence-electron chi connectivity index (χ1n) is 18.6. The van der Waals surface area contributed by atoms with E-state index in [9.17, 15) is 19.2 Å². The number of ether oxygens (including phenoxy) is 1. The fourth-order valence-electron chi connectivity index (χ4n) is 8.09. The lowest BCUT2D eigenvalue weighted by atomic mass is 9.94. The number of aromatic nitrogens is 3. The van der Waals surface area contributed by atoms with E-state index < -0.39 is 0 Å². The van der Waals surface area contributed by atoms with Gasteiger partial charge in [-0.2, -0.15) is 5.10 Å². The molecule has 0 spiro atoms. The van der Waals surface area contributed by atoms with Crippen molar-refractivity contribution < 1.29 is 23.9 Å². The van der Waals surface area contributed by atoms with Gasteiger partial charge in [-0.05, 0) is 93.5 Å². The molecule has 276 valence electrons. The van der Waals surface area contributed by atoms with Gasteiger partial charge in [0.05, 0.1) is 18.0 Å². The number of rotatable bonds is 9. The molecule has 0 unspecified atom stereocenters. The van der Waals surface area contributed by atoms with Gasteiger partial charge >= 0.3 is 6.03 Å². The maximum Gasteiger partial charge on any atom is 0.328 e. The van der Waals surface area contributed by atoms with E-state index in [-0.39, 0.29) is 35.9 Å². The molecule has 6 heterocycles. The van der Waals surface area contributed by atoms with Gasteiger partial charge in [-0.25, -0.2) is 14.3 Å². The van der Waals surface area contributed by atoms with Crippen LogP contribution in [0.3, 0.4) is 0 Å². The highest BCUT2D eigenvalue weighted by atomic mass is 16.5. The predicted octanol–water partition coefficient (Wildman–Crippen LogP) is 4.55. The third-order valence-electron chi connectivity index (χ3n) is 10.9. The molecule has 5 amide bonds. The Morgan fingerprint density at radius 1 is 0.981 bits per heavy atom. The number of likely N-dealkylation sites (tertiary alicyclic amines) is 1. The van der Waals surface area contributed by atoms with Crippen LogP contribution in [-0.2, 0) is 11.3 Å².